The van der Waals surface area contributed by atoms with E-state index in [0.29, 0.717) is 12.3 Å². The Labute approximate surface area is 60.0 Å². The molecule has 9 heavy (non-hydrogen) atoms. The zero-order valence-corrected chi connectivity index (χ0v) is 6.06. The predicted molar refractivity (Wildman–Crippen MR) is 37.3 cm³/mol. The van der Waals surface area contributed by atoms with E-state index >= 15 is 0 Å². The van der Waals surface area contributed by atoms with Crippen molar-refractivity contribution in [2.24, 2.45) is 5.92 Å². The van der Waals surface area contributed by atoms with Gasteiger partial charge in [0, 0.05) is 6.42 Å². The molecule has 0 bridgehead atoms. The largest absolute Gasteiger partial charge is 0.455 e. The van der Waals surface area contributed by atoms with Crippen molar-refractivity contribution in [3.05, 3.63) is 0 Å². The summed E-state index contributed by atoms with van der Waals surface area (Å²) in [5, 5.41) is 0. The summed E-state index contributed by atoms with van der Waals surface area (Å²) >= 11 is 3.76. The zero-order chi connectivity index (χ0) is 6.69. The third-order valence-corrected chi connectivity index (χ3v) is 1.51. The first-order valence-corrected chi connectivity index (χ1v) is 3.72. The van der Waals surface area contributed by atoms with Crippen LogP contribution in [-0.2, 0) is 9.53 Å². The van der Waals surface area contributed by atoms with E-state index < -0.39 is 0 Å². The van der Waals surface area contributed by atoms with Crippen LogP contribution in [0.4, 0.5) is 0 Å². The minimum atomic E-state index is -0.104. The van der Waals surface area contributed by atoms with Crippen LogP contribution < -0.4 is 0 Å². The van der Waals surface area contributed by atoms with E-state index in [1.807, 2.05) is 0 Å². The number of carbonyl (C=O) groups is 1. The van der Waals surface area contributed by atoms with Crippen LogP contribution in [0.2, 0.25) is 0 Å². The van der Waals surface area contributed by atoms with E-state index in [1.54, 1.807) is 0 Å². The summed E-state index contributed by atoms with van der Waals surface area (Å²) in [6.45, 7) is 0. The minimum Gasteiger partial charge on any atom is -0.455 e. The molecule has 0 aromatic heterocycles. The second kappa shape index (κ2) is 3.11. The molecule has 0 saturated heterocycles. The molecule has 0 unspecified atom stereocenters. The molecule has 2 nitrogen and oxygen atoms in total. The summed E-state index contributed by atoms with van der Waals surface area (Å²) in [6, 6.07) is 0. The van der Waals surface area contributed by atoms with Crippen molar-refractivity contribution in [2.75, 3.05) is 5.94 Å². The second-order valence-corrected chi connectivity index (χ2v) is 2.55. The van der Waals surface area contributed by atoms with Crippen LogP contribution in [0, 0.1) is 5.92 Å². The summed E-state index contributed by atoms with van der Waals surface area (Å²) < 4.78 is 4.62. The van der Waals surface area contributed by atoms with Gasteiger partial charge in [0.25, 0.3) is 0 Å². The minimum absolute atomic E-state index is 0.104. The number of hydrogen-bond acceptors (Lipinski definition) is 3. The Morgan fingerprint density at radius 2 is 2.33 bits per heavy atom. The molecule has 0 spiro atoms. The molecule has 0 aromatic carbocycles. The SMILES string of the molecule is O=C(CC1CC1)OCS. The molecule has 3 heteroatoms. The first-order valence-electron chi connectivity index (χ1n) is 3.09. The van der Waals surface area contributed by atoms with Gasteiger partial charge in [0.15, 0.2) is 0 Å². The Morgan fingerprint density at radius 3 is 2.78 bits per heavy atom. The molecule has 1 aliphatic rings. The van der Waals surface area contributed by atoms with Gasteiger partial charge in [-0.1, -0.05) is 0 Å². The first-order chi connectivity index (χ1) is 4.33. The van der Waals surface area contributed by atoms with Gasteiger partial charge in [-0.3, -0.25) is 4.79 Å². The molecule has 0 aliphatic heterocycles. The fraction of sp³-hybridized carbons (Fsp3) is 0.833. The van der Waals surface area contributed by atoms with Crippen molar-refractivity contribution in [1.82, 2.24) is 0 Å². The monoisotopic (exact) mass is 146 g/mol. The Hall–Kier alpha value is -0.180. The number of hydrogen-bond donors (Lipinski definition) is 1. The quantitative estimate of drug-likeness (QED) is 0.368. The molecular formula is C6H10O2S. The zero-order valence-electron chi connectivity index (χ0n) is 5.17. The molecule has 1 rings (SSSR count). The molecule has 0 atom stereocenters. The van der Waals surface area contributed by atoms with E-state index in [9.17, 15) is 4.79 Å². The molecule has 0 amide bonds. The summed E-state index contributed by atoms with van der Waals surface area (Å²) in [5.74, 6) is 0.732. The maximum Gasteiger partial charge on any atom is 0.306 e. The highest BCUT2D eigenvalue weighted by atomic mass is 32.1. The average Bonchev–Trinajstić information content (AvgIpc) is 2.50. The number of esters is 1. The van der Waals surface area contributed by atoms with Crippen molar-refractivity contribution in [2.45, 2.75) is 19.3 Å². The van der Waals surface area contributed by atoms with Crippen molar-refractivity contribution in [3.63, 3.8) is 0 Å². The lowest BCUT2D eigenvalue weighted by Gasteiger charge is -1.96. The number of rotatable bonds is 3. The van der Waals surface area contributed by atoms with Gasteiger partial charge in [-0.15, -0.1) is 12.6 Å². The fourth-order valence-corrected chi connectivity index (χ4v) is 0.833. The summed E-state index contributed by atoms with van der Waals surface area (Å²) in [5.41, 5.74) is 0. The van der Waals surface area contributed by atoms with Gasteiger partial charge in [-0.2, -0.15) is 0 Å². The van der Waals surface area contributed by atoms with Gasteiger partial charge in [-0.05, 0) is 18.8 Å². The Kier molecular flexibility index (Phi) is 2.39. The summed E-state index contributed by atoms with van der Waals surface area (Å²) in [4.78, 5) is 10.6. The molecule has 0 N–H and O–H groups in total. The number of ether oxygens (including phenoxy) is 1. The molecule has 1 aliphatic carbocycles. The van der Waals surface area contributed by atoms with E-state index in [0.717, 1.165) is 0 Å². The van der Waals surface area contributed by atoms with Crippen LogP contribution in [0.15, 0.2) is 0 Å². The lowest BCUT2D eigenvalue weighted by molar-refractivity contribution is -0.141. The van der Waals surface area contributed by atoms with Gasteiger partial charge in [0.05, 0.1) is 0 Å². The standard InChI is InChI=1S/C6H10O2S/c7-6(8-4-9)3-5-1-2-5/h5,9H,1-4H2. The molecule has 1 fully saturated rings. The van der Waals surface area contributed by atoms with Crippen LogP contribution in [-0.4, -0.2) is 11.9 Å². The highest BCUT2D eigenvalue weighted by Crippen LogP contribution is 2.32. The third-order valence-electron chi connectivity index (χ3n) is 1.38. The van der Waals surface area contributed by atoms with E-state index in [4.69, 9.17) is 0 Å². The Bertz CT molecular complexity index is 110. The van der Waals surface area contributed by atoms with Gasteiger partial charge >= 0.3 is 5.97 Å². The lowest BCUT2D eigenvalue weighted by Crippen LogP contribution is -2.02. The fourth-order valence-electron chi connectivity index (χ4n) is 0.689. The third kappa shape index (κ3) is 2.75. The molecular weight excluding hydrogens is 136 g/mol. The smallest absolute Gasteiger partial charge is 0.306 e. The summed E-state index contributed by atoms with van der Waals surface area (Å²) in [7, 11) is 0. The van der Waals surface area contributed by atoms with Crippen molar-refractivity contribution in [3.8, 4) is 0 Å². The molecule has 52 valence electrons. The summed E-state index contributed by atoms with van der Waals surface area (Å²) in [6.07, 6.45) is 2.99. The van der Waals surface area contributed by atoms with Crippen LogP contribution in [0.25, 0.3) is 0 Å². The predicted octanol–water partition coefficient (Wildman–Crippen LogP) is 1.22. The number of carbonyl (C=O) groups excluding carboxylic acids is 1. The maximum absolute atomic E-state index is 10.6. The molecule has 1 saturated carbocycles. The number of thiol groups is 1. The normalized spacial score (nSPS) is 17.4. The van der Waals surface area contributed by atoms with Crippen molar-refractivity contribution < 1.29 is 9.53 Å². The van der Waals surface area contributed by atoms with Crippen LogP contribution in [0.1, 0.15) is 19.3 Å². The van der Waals surface area contributed by atoms with E-state index in [2.05, 4.69) is 17.4 Å². The molecule has 0 aromatic rings. The van der Waals surface area contributed by atoms with E-state index in [1.165, 1.54) is 12.8 Å². The molecule has 0 radical (unpaired) electrons. The highest BCUT2D eigenvalue weighted by molar-refractivity contribution is 7.80. The van der Waals surface area contributed by atoms with Crippen molar-refractivity contribution in [1.29, 1.82) is 0 Å². The topological polar surface area (TPSA) is 26.3 Å². The van der Waals surface area contributed by atoms with Crippen LogP contribution >= 0.6 is 12.6 Å². The van der Waals surface area contributed by atoms with Crippen molar-refractivity contribution >= 4 is 18.6 Å². The van der Waals surface area contributed by atoms with Gasteiger partial charge < -0.3 is 4.74 Å². The Balaban J connectivity index is 2.02. The van der Waals surface area contributed by atoms with Gasteiger partial charge in [-0.25, -0.2) is 0 Å². The van der Waals surface area contributed by atoms with Crippen LogP contribution in [0.3, 0.4) is 0 Å². The molecule has 0 heterocycles. The highest BCUT2D eigenvalue weighted by Gasteiger charge is 2.24. The van der Waals surface area contributed by atoms with Crippen LogP contribution in [0.5, 0.6) is 0 Å². The average molecular weight is 146 g/mol. The lowest BCUT2D eigenvalue weighted by atomic mass is 10.3. The van der Waals surface area contributed by atoms with E-state index in [-0.39, 0.29) is 11.9 Å². The Morgan fingerprint density at radius 1 is 1.67 bits per heavy atom. The maximum atomic E-state index is 10.6. The van der Waals surface area contributed by atoms with Gasteiger partial charge in [0.2, 0.25) is 0 Å². The first kappa shape index (κ1) is 6.93. The van der Waals surface area contributed by atoms with Gasteiger partial charge in [0.1, 0.15) is 5.94 Å². The second-order valence-electron chi connectivity index (χ2n) is 2.29.